The number of rotatable bonds is 5. The summed E-state index contributed by atoms with van der Waals surface area (Å²) in [5, 5.41) is 20.4. The van der Waals surface area contributed by atoms with Gasteiger partial charge in [-0.2, -0.15) is 0 Å². The first-order valence-electron chi connectivity index (χ1n) is 6.71. The minimum atomic E-state index is -1.25. The second-order valence-electron chi connectivity index (χ2n) is 5.35. The lowest BCUT2D eigenvalue weighted by Gasteiger charge is -2.41. The zero-order chi connectivity index (χ0) is 14.8. The zero-order valence-electron chi connectivity index (χ0n) is 11.4. The number of carbonyl (C=O) groups excluding carboxylic acids is 1. The van der Waals surface area contributed by atoms with E-state index in [0.717, 1.165) is 17.5 Å². The summed E-state index contributed by atoms with van der Waals surface area (Å²) in [6.07, 6.45) is 2.36. The van der Waals surface area contributed by atoms with Crippen molar-refractivity contribution in [1.29, 1.82) is 0 Å². The first-order valence-corrected chi connectivity index (χ1v) is 6.71. The summed E-state index contributed by atoms with van der Waals surface area (Å²) in [7, 11) is 0. The van der Waals surface area contributed by atoms with Gasteiger partial charge in [0.25, 0.3) is 0 Å². The van der Waals surface area contributed by atoms with E-state index >= 15 is 0 Å². The van der Waals surface area contributed by atoms with E-state index in [4.69, 9.17) is 10.2 Å². The smallest absolute Gasteiger partial charge is 0.328 e. The Bertz CT molecular complexity index is 522. The molecule has 3 N–H and O–H groups in total. The van der Waals surface area contributed by atoms with Crippen LogP contribution in [0.3, 0.4) is 0 Å². The maximum absolute atomic E-state index is 12.4. The summed E-state index contributed by atoms with van der Waals surface area (Å²) in [6.45, 7) is 1.35. The van der Waals surface area contributed by atoms with Gasteiger partial charge in [0.2, 0.25) is 5.91 Å². The lowest BCUT2D eigenvalue weighted by Crippen LogP contribution is -2.54. The number of aryl methyl sites for hydroxylation is 1. The Morgan fingerprint density at radius 3 is 2.55 bits per heavy atom. The van der Waals surface area contributed by atoms with Crippen LogP contribution in [0.1, 0.15) is 30.4 Å². The highest BCUT2D eigenvalue weighted by atomic mass is 16.4. The minimum absolute atomic E-state index is 0.309. The van der Waals surface area contributed by atoms with Crippen molar-refractivity contribution in [2.45, 2.75) is 37.6 Å². The molecule has 0 aliphatic heterocycles. The van der Waals surface area contributed by atoms with E-state index in [9.17, 15) is 9.59 Å². The van der Waals surface area contributed by atoms with Gasteiger partial charge in [-0.3, -0.25) is 4.79 Å². The van der Waals surface area contributed by atoms with Crippen molar-refractivity contribution in [3.63, 3.8) is 0 Å². The van der Waals surface area contributed by atoms with Gasteiger partial charge in [-0.25, -0.2) is 4.79 Å². The van der Waals surface area contributed by atoms with Crippen molar-refractivity contribution >= 4 is 11.9 Å². The Morgan fingerprint density at radius 2 is 2.10 bits per heavy atom. The number of hydrogen-bond acceptors (Lipinski definition) is 3. The molecule has 108 valence electrons. The normalized spacial score (nSPS) is 17.9. The van der Waals surface area contributed by atoms with Gasteiger partial charge in [0, 0.05) is 0 Å². The van der Waals surface area contributed by atoms with Crippen molar-refractivity contribution < 1.29 is 19.8 Å². The molecule has 1 aromatic carbocycles. The van der Waals surface area contributed by atoms with Gasteiger partial charge in [0.05, 0.1) is 12.0 Å². The molecule has 5 heteroatoms. The van der Waals surface area contributed by atoms with Gasteiger partial charge in [-0.1, -0.05) is 36.2 Å². The number of carboxylic acids is 1. The van der Waals surface area contributed by atoms with Crippen LogP contribution >= 0.6 is 0 Å². The SMILES string of the molecule is Cc1cccc(C2(C(=O)NC(CO)C(=O)O)CCC2)c1. The largest absolute Gasteiger partial charge is 0.480 e. The first kappa shape index (κ1) is 14.5. The Labute approximate surface area is 117 Å². The van der Waals surface area contributed by atoms with Gasteiger partial charge in [-0.15, -0.1) is 0 Å². The fraction of sp³-hybridized carbons (Fsp3) is 0.467. The predicted octanol–water partition coefficient (Wildman–Crippen LogP) is 0.978. The van der Waals surface area contributed by atoms with Crippen molar-refractivity contribution in [1.82, 2.24) is 5.32 Å². The summed E-state index contributed by atoms with van der Waals surface area (Å²) in [6, 6.07) is 6.48. The third kappa shape index (κ3) is 2.54. The molecule has 1 fully saturated rings. The average molecular weight is 277 g/mol. The van der Waals surface area contributed by atoms with E-state index in [1.165, 1.54) is 0 Å². The monoisotopic (exact) mass is 277 g/mol. The quantitative estimate of drug-likeness (QED) is 0.748. The molecule has 2 rings (SSSR count). The van der Waals surface area contributed by atoms with Crippen LogP contribution in [0.4, 0.5) is 0 Å². The molecule has 0 bridgehead atoms. The fourth-order valence-corrected chi connectivity index (χ4v) is 2.60. The van der Waals surface area contributed by atoms with Crippen LogP contribution in [0.15, 0.2) is 24.3 Å². The first-order chi connectivity index (χ1) is 9.49. The van der Waals surface area contributed by atoms with Crippen LogP contribution in [0.5, 0.6) is 0 Å². The van der Waals surface area contributed by atoms with Gasteiger partial charge in [0.1, 0.15) is 6.04 Å². The fourth-order valence-electron chi connectivity index (χ4n) is 2.60. The lowest BCUT2D eigenvalue weighted by atomic mass is 9.63. The third-order valence-electron chi connectivity index (χ3n) is 4.00. The number of aliphatic hydroxyl groups is 1. The molecule has 20 heavy (non-hydrogen) atoms. The van der Waals surface area contributed by atoms with Crippen molar-refractivity contribution in [2.24, 2.45) is 0 Å². The number of carboxylic acid groups (broad SMARTS) is 1. The summed E-state index contributed by atoms with van der Waals surface area (Å²) in [5.41, 5.74) is 1.34. The number of amides is 1. The molecule has 1 atom stereocenters. The van der Waals surface area contributed by atoms with E-state index in [1.54, 1.807) is 0 Å². The minimum Gasteiger partial charge on any atom is -0.480 e. The van der Waals surface area contributed by atoms with Crippen LogP contribution in [-0.2, 0) is 15.0 Å². The van der Waals surface area contributed by atoms with Crippen LogP contribution < -0.4 is 5.32 Å². The van der Waals surface area contributed by atoms with Crippen molar-refractivity contribution in [2.75, 3.05) is 6.61 Å². The summed E-state index contributed by atoms with van der Waals surface area (Å²) in [5.74, 6) is -1.53. The van der Waals surface area contributed by atoms with Crippen LogP contribution in [0.25, 0.3) is 0 Å². The van der Waals surface area contributed by atoms with Crippen LogP contribution in [0.2, 0.25) is 0 Å². The van der Waals surface area contributed by atoms with Crippen LogP contribution in [-0.4, -0.2) is 34.7 Å². The molecule has 5 nitrogen and oxygen atoms in total. The summed E-state index contributed by atoms with van der Waals surface area (Å²) >= 11 is 0. The highest BCUT2D eigenvalue weighted by Crippen LogP contribution is 2.44. The number of hydrogen-bond donors (Lipinski definition) is 3. The molecule has 0 heterocycles. The highest BCUT2D eigenvalue weighted by molar-refractivity contribution is 5.92. The van der Waals surface area contributed by atoms with E-state index in [2.05, 4.69) is 5.32 Å². The molecular formula is C15H19NO4. The molecule has 1 unspecified atom stereocenters. The number of carbonyl (C=O) groups is 2. The number of aliphatic carboxylic acids is 1. The van der Waals surface area contributed by atoms with Gasteiger partial charge < -0.3 is 15.5 Å². The lowest BCUT2D eigenvalue weighted by molar-refractivity contribution is -0.144. The molecule has 1 aromatic rings. The van der Waals surface area contributed by atoms with E-state index in [-0.39, 0.29) is 5.91 Å². The Hall–Kier alpha value is -1.88. The second kappa shape index (κ2) is 5.63. The Kier molecular flexibility index (Phi) is 4.09. The van der Waals surface area contributed by atoms with E-state index in [1.807, 2.05) is 31.2 Å². The molecule has 1 aliphatic carbocycles. The number of aliphatic hydroxyl groups excluding tert-OH is 1. The predicted molar refractivity (Wildman–Crippen MR) is 73.4 cm³/mol. The van der Waals surface area contributed by atoms with Crippen LogP contribution in [0, 0.1) is 6.92 Å². The molecule has 1 aliphatic rings. The zero-order valence-corrected chi connectivity index (χ0v) is 11.4. The van der Waals surface area contributed by atoms with Gasteiger partial charge in [-0.05, 0) is 25.3 Å². The standard InChI is InChI=1S/C15H19NO4/c1-10-4-2-5-11(8-10)15(6-3-7-15)14(20)16-12(9-17)13(18)19/h2,4-5,8,12,17H,3,6-7,9H2,1H3,(H,16,20)(H,18,19). The topological polar surface area (TPSA) is 86.6 Å². The van der Waals surface area contributed by atoms with Crippen molar-refractivity contribution in [3.8, 4) is 0 Å². The van der Waals surface area contributed by atoms with Crippen molar-refractivity contribution in [3.05, 3.63) is 35.4 Å². The van der Waals surface area contributed by atoms with Gasteiger partial charge in [0.15, 0.2) is 0 Å². The molecule has 0 saturated heterocycles. The maximum atomic E-state index is 12.4. The molecule has 1 saturated carbocycles. The van der Waals surface area contributed by atoms with E-state index in [0.29, 0.717) is 12.8 Å². The summed E-state index contributed by atoms with van der Waals surface area (Å²) < 4.78 is 0. The maximum Gasteiger partial charge on any atom is 0.328 e. The molecule has 1 amide bonds. The number of nitrogens with one attached hydrogen (secondary N) is 1. The van der Waals surface area contributed by atoms with Gasteiger partial charge >= 0.3 is 5.97 Å². The van der Waals surface area contributed by atoms with E-state index < -0.39 is 24.0 Å². The third-order valence-corrected chi connectivity index (χ3v) is 4.00. The highest BCUT2D eigenvalue weighted by Gasteiger charge is 2.46. The molecule has 0 spiro atoms. The molecule has 0 aromatic heterocycles. The average Bonchev–Trinajstić information content (AvgIpc) is 2.34. The second-order valence-corrected chi connectivity index (χ2v) is 5.35. The number of benzene rings is 1. The Balaban J connectivity index is 2.23. The Morgan fingerprint density at radius 1 is 1.40 bits per heavy atom. The molecular weight excluding hydrogens is 258 g/mol. The summed E-state index contributed by atoms with van der Waals surface area (Å²) in [4.78, 5) is 23.4. The molecule has 0 radical (unpaired) electrons.